The summed E-state index contributed by atoms with van der Waals surface area (Å²) in [5, 5.41) is 3.21. The zero-order chi connectivity index (χ0) is 14.6. The average molecular weight is 304 g/mol. The number of carbonyl (C=O) groups excluding carboxylic acids is 1. The van der Waals surface area contributed by atoms with Crippen molar-refractivity contribution in [3.8, 4) is 0 Å². The zero-order valence-electron chi connectivity index (χ0n) is 10.9. The molecule has 0 aliphatic heterocycles. The van der Waals surface area contributed by atoms with E-state index >= 15 is 0 Å². The van der Waals surface area contributed by atoms with Gasteiger partial charge in [-0.1, -0.05) is 23.7 Å². The number of rotatable bonds is 6. The predicted molar refractivity (Wildman–Crippen MR) is 71.8 cm³/mol. The quantitative estimate of drug-likeness (QED) is 0.877. The van der Waals surface area contributed by atoms with Gasteiger partial charge in [0, 0.05) is 24.4 Å². The van der Waals surface area contributed by atoms with Crippen LogP contribution in [0.1, 0.15) is 18.4 Å². The fourth-order valence-electron chi connectivity index (χ4n) is 2.13. The van der Waals surface area contributed by atoms with Gasteiger partial charge in [0.05, 0.1) is 6.61 Å². The maximum Gasteiger partial charge on any atom is 0.248 e. The predicted octanol–water partition coefficient (Wildman–Crippen LogP) is 3.02. The molecular formula is C14H16ClF2NO2. The summed E-state index contributed by atoms with van der Waals surface area (Å²) in [6.07, 6.45) is -0.284. The van der Waals surface area contributed by atoms with E-state index in [2.05, 4.69) is 5.32 Å². The summed E-state index contributed by atoms with van der Waals surface area (Å²) in [6, 6.07) is 7.17. The Kier molecular flexibility index (Phi) is 4.94. The van der Waals surface area contributed by atoms with Crippen LogP contribution < -0.4 is 5.32 Å². The van der Waals surface area contributed by atoms with Crippen molar-refractivity contribution in [2.45, 2.75) is 25.4 Å². The molecule has 0 bridgehead atoms. The van der Waals surface area contributed by atoms with Crippen LogP contribution in [0.4, 0.5) is 8.78 Å². The summed E-state index contributed by atoms with van der Waals surface area (Å²) in [5.41, 5.74) is 0.879. The topological polar surface area (TPSA) is 38.3 Å². The number of carbonyl (C=O) groups is 1. The maximum atomic E-state index is 12.6. The first-order chi connectivity index (χ1) is 9.44. The standard InChI is InChI=1S/C14H16ClF2NO2/c15-12-3-1-2-10(4-12)8-20-9-13(19)18-7-11-5-14(16,17)6-11/h1-4,11H,5-9H2,(H,18,19). The highest BCUT2D eigenvalue weighted by molar-refractivity contribution is 6.30. The van der Waals surface area contributed by atoms with Gasteiger partial charge >= 0.3 is 0 Å². The van der Waals surface area contributed by atoms with Crippen LogP contribution in [-0.4, -0.2) is 25.0 Å². The Morgan fingerprint density at radius 3 is 2.85 bits per heavy atom. The molecule has 2 rings (SSSR count). The van der Waals surface area contributed by atoms with Crippen molar-refractivity contribution >= 4 is 17.5 Å². The van der Waals surface area contributed by atoms with Gasteiger partial charge in [-0.3, -0.25) is 4.79 Å². The number of amides is 1. The van der Waals surface area contributed by atoms with Crippen molar-refractivity contribution < 1.29 is 18.3 Å². The summed E-state index contributed by atoms with van der Waals surface area (Å²) >= 11 is 5.82. The molecule has 1 fully saturated rings. The second kappa shape index (κ2) is 6.50. The first-order valence-corrected chi connectivity index (χ1v) is 6.79. The Bertz CT molecular complexity index is 474. The molecule has 1 aromatic rings. The van der Waals surface area contributed by atoms with Crippen molar-refractivity contribution in [3.63, 3.8) is 0 Å². The molecule has 0 spiro atoms. The minimum atomic E-state index is -2.54. The van der Waals surface area contributed by atoms with E-state index in [9.17, 15) is 13.6 Å². The molecule has 6 heteroatoms. The second-order valence-electron chi connectivity index (χ2n) is 5.06. The van der Waals surface area contributed by atoms with E-state index < -0.39 is 5.92 Å². The smallest absolute Gasteiger partial charge is 0.248 e. The van der Waals surface area contributed by atoms with Gasteiger partial charge in [0.2, 0.25) is 11.8 Å². The van der Waals surface area contributed by atoms with Crippen LogP contribution in [0, 0.1) is 5.92 Å². The maximum absolute atomic E-state index is 12.6. The molecular weight excluding hydrogens is 288 g/mol. The lowest BCUT2D eigenvalue weighted by Crippen LogP contribution is -2.43. The lowest BCUT2D eigenvalue weighted by atomic mass is 9.81. The van der Waals surface area contributed by atoms with Crippen molar-refractivity contribution in [3.05, 3.63) is 34.9 Å². The third kappa shape index (κ3) is 4.72. The molecule has 20 heavy (non-hydrogen) atoms. The summed E-state index contributed by atoms with van der Waals surface area (Å²) in [4.78, 5) is 11.5. The fourth-order valence-corrected chi connectivity index (χ4v) is 2.34. The first kappa shape index (κ1) is 15.2. The summed E-state index contributed by atoms with van der Waals surface area (Å²) in [6.45, 7) is 0.486. The summed E-state index contributed by atoms with van der Waals surface area (Å²) in [7, 11) is 0. The van der Waals surface area contributed by atoms with E-state index in [-0.39, 0.29) is 44.4 Å². The molecule has 1 amide bonds. The van der Waals surface area contributed by atoms with Gasteiger partial charge in [-0.2, -0.15) is 0 Å². The molecule has 0 radical (unpaired) electrons. The van der Waals surface area contributed by atoms with Gasteiger partial charge in [-0.15, -0.1) is 0 Å². The molecule has 0 atom stereocenters. The Morgan fingerprint density at radius 1 is 1.45 bits per heavy atom. The number of hydrogen-bond donors (Lipinski definition) is 1. The zero-order valence-corrected chi connectivity index (χ0v) is 11.6. The van der Waals surface area contributed by atoms with Crippen LogP contribution in [0.25, 0.3) is 0 Å². The van der Waals surface area contributed by atoms with E-state index in [0.717, 1.165) is 5.56 Å². The number of benzene rings is 1. The molecule has 1 aliphatic carbocycles. The minimum Gasteiger partial charge on any atom is -0.367 e. The van der Waals surface area contributed by atoms with Crippen LogP contribution in [0.15, 0.2) is 24.3 Å². The van der Waals surface area contributed by atoms with E-state index in [1.54, 1.807) is 18.2 Å². The summed E-state index contributed by atoms with van der Waals surface area (Å²) in [5.74, 6) is -2.96. The van der Waals surface area contributed by atoms with E-state index in [1.165, 1.54) is 0 Å². The van der Waals surface area contributed by atoms with Gasteiger partial charge in [-0.05, 0) is 23.6 Å². The van der Waals surface area contributed by atoms with Gasteiger partial charge < -0.3 is 10.1 Å². The molecule has 0 aromatic heterocycles. The van der Waals surface area contributed by atoms with Crippen molar-refractivity contribution in [1.82, 2.24) is 5.32 Å². The molecule has 0 unspecified atom stereocenters. The Morgan fingerprint density at radius 2 is 2.20 bits per heavy atom. The third-order valence-corrected chi connectivity index (χ3v) is 3.39. The van der Waals surface area contributed by atoms with Gasteiger partial charge in [-0.25, -0.2) is 8.78 Å². The monoisotopic (exact) mass is 303 g/mol. The van der Waals surface area contributed by atoms with Gasteiger partial charge in [0.15, 0.2) is 0 Å². The lowest BCUT2D eigenvalue weighted by molar-refractivity contribution is -0.130. The van der Waals surface area contributed by atoms with Crippen LogP contribution in [0.5, 0.6) is 0 Å². The first-order valence-electron chi connectivity index (χ1n) is 6.41. The van der Waals surface area contributed by atoms with Gasteiger partial charge in [0.1, 0.15) is 6.61 Å². The number of halogens is 3. The van der Waals surface area contributed by atoms with Gasteiger partial charge in [0.25, 0.3) is 0 Å². The van der Waals surface area contributed by atoms with Crippen LogP contribution >= 0.6 is 11.6 Å². The SMILES string of the molecule is O=C(COCc1cccc(Cl)c1)NCC1CC(F)(F)C1. The van der Waals surface area contributed by atoms with Crippen LogP contribution in [0.2, 0.25) is 5.02 Å². The molecule has 3 nitrogen and oxygen atoms in total. The summed E-state index contributed by atoms with van der Waals surface area (Å²) < 4.78 is 30.4. The van der Waals surface area contributed by atoms with Crippen molar-refractivity contribution in [1.29, 1.82) is 0 Å². The van der Waals surface area contributed by atoms with Crippen LogP contribution in [0.3, 0.4) is 0 Å². The number of hydrogen-bond acceptors (Lipinski definition) is 2. The molecule has 1 aromatic carbocycles. The van der Waals surface area contributed by atoms with Crippen LogP contribution in [-0.2, 0) is 16.1 Å². The molecule has 1 aliphatic rings. The van der Waals surface area contributed by atoms with E-state index in [4.69, 9.17) is 16.3 Å². The fraction of sp³-hybridized carbons (Fsp3) is 0.500. The normalized spacial score (nSPS) is 17.6. The van der Waals surface area contributed by atoms with E-state index in [0.29, 0.717) is 5.02 Å². The van der Waals surface area contributed by atoms with Crippen molar-refractivity contribution in [2.24, 2.45) is 5.92 Å². The molecule has 1 N–H and O–H groups in total. The Labute approximate surface area is 121 Å². The largest absolute Gasteiger partial charge is 0.367 e. The lowest BCUT2D eigenvalue weighted by Gasteiger charge is -2.34. The molecule has 0 heterocycles. The molecule has 0 saturated heterocycles. The number of nitrogens with one attached hydrogen (secondary N) is 1. The molecule has 1 saturated carbocycles. The number of alkyl halides is 2. The highest BCUT2D eigenvalue weighted by Crippen LogP contribution is 2.41. The highest BCUT2D eigenvalue weighted by Gasteiger charge is 2.44. The molecule has 110 valence electrons. The second-order valence-corrected chi connectivity index (χ2v) is 5.49. The minimum absolute atomic E-state index is 0.0877. The Hall–Kier alpha value is -1.20. The highest BCUT2D eigenvalue weighted by atomic mass is 35.5. The average Bonchev–Trinajstić information content (AvgIpc) is 2.34. The van der Waals surface area contributed by atoms with E-state index in [1.807, 2.05) is 6.07 Å². The Balaban J connectivity index is 1.59. The number of ether oxygens (including phenoxy) is 1. The third-order valence-electron chi connectivity index (χ3n) is 3.15. The van der Waals surface area contributed by atoms with Crippen molar-refractivity contribution in [2.75, 3.05) is 13.2 Å².